The molecule has 0 saturated carbocycles. The number of pyridine rings is 1. The zero-order chi connectivity index (χ0) is 29.8. The van der Waals surface area contributed by atoms with Gasteiger partial charge in [-0.3, -0.25) is 9.78 Å². The molecule has 2 heterocycles. The second kappa shape index (κ2) is 14.8. The summed E-state index contributed by atoms with van der Waals surface area (Å²) in [4.78, 5) is 35.7. The quantitative estimate of drug-likeness (QED) is 0.448. The fourth-order valence-corrected chi connectivity index (χ4v) is 2.86. The molecule has 16 heteroatoms. The van der Waals surface area contributed by atoms with Gasteiger partial charge in [0, 0.05) is 12.7 Å². The molecule has 2 atom stereocenters. The number of rotatable bonds is 6. The highest BCUT2D eigenvalue weighted by Gasteiger charge is 2.38. The number of nitrogens with zero attached hydrogens (tertiary/aromatic N) is 2. The SMILES string of the molecule is N[C@@H](Cc1ccc(OCc2ccccn2)cc1)C(=O)N1CC[C@H](F)C1.O=C(O)C(F)(F)F.O=C(O)C(F)(F)F. The number of likely N-dealkylation sites (tertiary alicyclic amines) is 1. The van der Waals surface area contributed by atoms with E-state index in [0.29, 0.717) is 26.0 Å². The molecule has 3 rings (SSSR count). The standard InChI is InChI=1S/C19H22FN3O2.2C2HF3O2/c20-15-8-10-23(12-15)19(24)18(21)11-14-4-6-17(7-5-14)25-13-16-3-1-2-9-22-16;2*3-2(4,5)1(6)7/h1-7,9,15,18H,8,10-13,21H2;2*(H,6,7)/t15-,18-;;/m0../s1. The third-order valence-electron chi connectivity index (χ3n) is 4.74. The molecule has 1 amide bonds. The molecule has 2 aromatic rings. The molecule has 9 nitrogen and oxygen atoms in total. The highest BCUT2D eigenvalue weighted by atomic mass is 19.4. The number of ether oxygens (including phenoxy) is 1. The summed E-state index contributed by atoms with van der Waals surface area (Å²) in [7, 11) is 0. The van der Waals surface area contributed by atoms with Crippen LogP contribution in [0.25, 0.3) is 0 Å². The van der Waals surface area contributed by atoms with Crippen molar-refractivity contribution in [2.75, 3.05) is 13.1 Å². The Morgan fingerprint density at radius 2 is 1.54 bits per heavy atom. The molecule has 1 saturated heterocycles. The molecule has 1 aliphatic heterocycles. The molecule has 4 N–H and O–H groups in total. The van der Waals surface area contributed by atoms with Crippen molar-refractivity contribution in [3.63, 3.8) is 0 Å². The third kappa shape index (κ3) is 12.9. The Morgan fingerprint density at radius 3 is 1.95 bits per heavy atom. The van der Waals surface area contributed by atoms with Crippen LogP contribution >= 0.6 is 0 Å². The van der Waals surface area contributed by atoms with Crippen LogP contribution in [0.3, 0.4) is 0 Å². The Labute approximate surface area is 217 Å². The highest BCUT2D eigenvalue weighted by molar-refractivity contribution is 5.82. The van der Waals surface area contributed by atoms with Crippen LogP contribution in [0.15, 0.2) is 48.7 Å². The fraction of sp³-hybridized carbons (Fsp3) is 0.391. The molecular weight excluding hydrogens is 547 g/mol. The van der Waals surface area contributed by atoms with Crippen molar-refractivity contribution in [1.29, 1.82) is 0 Å². The molecule has 1 aromatic heterocycles. The first kappa shape index (κ1) is 33.1. The lowest BCUT2D eigenvalue weighted by atomic mass is 10.1. The number of carbonyl (C=O) groups excluding carboxylic acids is 1. The van der Waals surface area contributed by atoms with Gasteiger partial charge in [-0.15, -0.1) is 0 Å². The second-order valence-electron chi connectivity index (χ2n) is 7.84. The van der Waals surface area contributed by atoms with Crippen LogP contribution in [-0.2, 0) is 27.4 Å². The summed E-state index contributed by atoms with van der Waals surface area (Å²) in [5.41, 5.74) is 7.80. The van der Waals surface area contributed by atoms with Crippen LogP contribution in [0.2, 0.25) is 0 Å². The first-order valence-electron chi connectivity index (χ1n) is 10.9. The number of nitrogens with two attached hydrogens (primary N) is 1. The van der Waals surface area contributed by atoms with E-state index in [2.05, 4.69) is 4.98 Å². The third-order valence-corrected chi connectivity index (χ3v) is 4.74. The summed E-state index contributed by atoms with van der Waals surface area (Å²) in [5, 5.41) is 14.2. The maximum Gasteiger partial charge on any atom is 0.490 e. The number of carbonyl (C=O) groups is 3. The average molecular weight is 571 g/mol. The van der Waals surface area contributed by atoms with Gasteiger partial charge in [-0.05, 0) is 42.7 Å². The van der Waals surface area contributed by atoms with Gasteiger partial charge >= 0.3 is 24.3 Å². The first-order chi connectivity index (χ1) is 18.0. The smallest absolute Gasteiger partial charge is 0.487 e. The minimum Gasteiger partial charge on any atom is -0.487 e. The number of amides is 1. The Morgan fingerprint density at radius 1 is 1.00 bits per heavy atom. The minimum absolute atomic E-state index is 0.160. The van der Waals surface area contributed by atoms with E-state index in [4.69, 9.17) is 30.3 Å². The maximum absolute atomic E-state index is 13.2. The number of aromatic nitrogens is 1. The number of carboxylic acid groups (broad SMARTS) is 2. The van der Waals surface area contributed by atoms with Gasteiger partial charge in [0.05, 0.1) is 18.3 Å². The topological polar surface area (TPSA) is 143 Å². The van der Waals surface area contributed by atoms with E-state index in [-0.39, 0.29) is 12.5 Å². The van der Waals surface area contributed by atoms with E-state index in [1.165, 1.54) is 4.90 Å². The Balaban J connectivity index is 0.000000449. The predicted octanol–water partition coefficient (Wildman–Crippen LogP) is 3.37. The summed E-state index contributed by atoms with van der Waals surface area (Å²) >= 11 is 0. The van der Waals surface area contributed by atoms with Crippen LogP contribution in [-0.4, -0.2) is 75.6 Å². The Kier molecular flexibility index (Phi) is 12.6. The Bertz CT molecular complexity index is 1040. The van der Waals surface area contributed by atoms with Gasteiger partial charge in [-0.2, -0.15) is 26.3 Å². The summed E-state index contributed by atoms with van der Waals surface area (Å²) in [6.45, 7) is 1.01. The summed E-state index contributed by atoms with van der Waals surface area (Å²) in [6, 6.07) is 12.5. The van der Waals surface area contributed by atoms with Crippen molar-refractivity contribution in [1.82, 2.24) is 9.88 Å². The van der Waals surface area contributed by atoms with Gasteiger partial charge in [-0.25, -0.2) is 14.0 Å². The molecule has 0 bridgehead atoms. The molecule has 0 unspecified atom stereocenters. The van der Waals surface area contributed by atoms with Gasteiger partial charge < -0.3 is 25.6 Å². The van der Waals surface area contributed by atoms with Gasteiger partial charge in [0.15, 0.2) is 0 Å². The molecule has 0 aliphatic carbocycles. The van der Waals surface area contributed by atoms with Gasteiger partial charge in [0.2, 0.25) is 5.91 Å². The molecular formula is C23H24F7N3O6. The van der Waals surface area contributed by atoms with E-state index < -0.39 is 36.5 Å². The lowest BCUT2D eigenvalue weighted by Gasteiger charge is -2.20. The largest absolute Gasteiger partial charge is 0.490 e. The summed E-state index contributed by atoms with van der Waals surface area (Å²) < 4.78 is 82.4. The molecule has 1 fully saturated rings. The normalized spacial score (nSPS) is 15.7. The monoisotopic (exact) mass is 571 g/mol. The number of alkyl halides is 7. The Hall–Kier alpha value is -3.95. The van der Waals surface area contributed by atoms with Crippen molar-refractivity contribution in [2.45, 2.75) is 44.0 Å². The van der Waals surface area contributed by atoms with Crippen molar-refractivity contribution in [3.8, 4) is 5.75 Å². The van der Waals surface area contributed by atoms with Crippen molar-refractivity contribution >= 4 is 17.8 Å². The van der Waals surface area contributed by atoms with Crippen LogP contribution < -0.4 is 10.5 Å². The van der Waals surface area contributed by atoms with Crippen molar-refractivity contribution < 1.29 is 60.1 Å². The zero-order valence-electron chi connectivity index (χ0n) is 20.0. The van der Waals surface area contributed by atoms with Gasteiger partial charge in [0.1, 0.15) is 18.5 Å². The predicted molar refractivity (Wildman–Crippen MR) is 120 cm³/mol. The number of carboxylic acids is 2. The van der Waals surface area contributed by atoms with E-state index in [1.54, 1.807) is 6.20 Å². The van der Waals surface area contributed by atoms with Crippen LogP contribution in [0, 0.1) is 0 Å². The van der Waals surface area contributed by atoms with Crippen molar-refractivity contribution in [3.05, 3.63) is 59.9 Å². The molecule has 1 aliphatic rings. The number of hydrogen-bond acceptors (Lipinski definition) is 6. The molecule has 0 radical (unpaired) electrons. The molecule has 39 heavy (non-hydrogen) atoms. The van der Waals surface area contributed by atoms with E-state index in [9.17, 15) is 35.5 Å². The van der Waals surface area contributed by atoms with Crippen LogP contribution in [0.4, 0.5) is 30.7 Å². The lowest BCUT2D eigenvalue weighted by Crippen LogP contribution is -2.44. The van der Waals surface area contributed by atoms with E-state index in [0.717, 1.165) is 17.0 Å². The number of benzene rings is 1. The minimum atomic E-state index is -5.08. The highest BCUT2D eigenvalue weighted by Crippen LogP contribution is 2.17. The van der Waals surface area contributed by atoms with Crippen LogP contribution in [0.1, 0.15) is 17.7 Å². The lowest BCUT2D eigenvalue weighted by molar-refractivity contribution is -0.193. The second-order valence-corrected chi connectivity index (χ2v) is 7.84. The number of halogens is 7. The summed E-state index contributed by atoms with van der Waals surface area (Å²) in [6.07, 6.45) is -8.54. The van der Waals surface area contributed by atoms with E-state index in [1.807, 2.05) is 42.5 Å². The molecule has 1 aromatic carbocycles. The zero-order valence-corrected chi connectivity index (χ0v) is 20.0. The van der Waals surface area contributed by atoms with Crippen molar-refractivity contribution in [2.24, 2.45) is 5.73 Å². The number of hydrogen-bond donors (Lipinski definition) is 3. The van der Waals surface area contributed by atoms with Gasteiger partial charge in [0.25, 0.3) is 0 Å². The molecule has 0 spiro atoms. The first-order valence-corrected chi connectivity index (χ1v) is 10.9. The van der Waals surface area contributed by atoms with Crippen LogP contribution in [0.5, 0.6) is 5.75 Å². The fourth-order valence-electron chi connectivity index (χ4n) is 2.86. The van der Waals surface area contributed by atoms with Gasteiger partial charge in [-0.1, -0.05) is 18.2 Å². The molecule has 216 valence electrons. The average Bonchev–Trinajstić information content (AvgIpc) is 3.29. The number of aliphatic carboxylic acids is 2. The maximum atomic E-state index is 13.2. The summed E-state index contributed by atoms with van der Waals surface area (Å²) in [5.74, 6) is -4.97. The van der Waals surface area contributed by atoms with E-state index >= 15 is 0 Å².